The maximum Gasteiger partial charge on any atom is 0.165 e. The van der Waals surface area contributed by atoms with Crippen molar-refractivity contribution in [3.05, 3.63) is 58.1 Å². The first kappa shape index (κ1) is 22.2. The minimum absolute atomic E-state index is 0.0598. The molecule has 0 saturated carbocycles. The van der Waals surface area contributed by atoms with Gasteiger partial charge in [0.25, 0.3) is 0 Å². The number of hydrogen-bond donors (Lipinski definition) is 1. The monoisotopic (exact) mass is 458 g/mol. The molecule has 1 aliphatic heterocycles. The lowest BCUT2D eigenvalue weighted by atomic mass is 9.91. The van der Waals surface area contributed by atoms with Gasteiger partial charge in [-0.1, -0.05) is 11.6 Å². The molecular weight excluding hydrogens is 441 g/mol. The van der Waals surface area contributed by atoms with E-state index < -0.39 is 43.3 Å². The molecule has 2 N–H and O–H groups in total. The molecule has 0 amide bonds. The quantitative estimate of drug-likeness (QED) is 0.756. The first-order chi connectivity index (χ1) is 13.8. The Labute approximate surface area is 176 Å². The summed E-state index contributed by atoms with van der Waals surface area (Å²) in [6.45, 7) is 4.11. The second kappa shape index (κ2) is 7.35. The Bertz CT molecular complexity index is 1180. The summed E-state index contributed by atoms with van der Waals surface area (Å²) in [6.07, 6.45) is 3.13. The zero-order valence-corrected chi connectivity index (χ0v) is 17.8. The molecule has 1 aromatic carbocycles. The fraction of sp³-hybridized carbons (Fsp3) is 0.316. The lowest BCUT2D eigenvalue weighted by molar-refractivity contribution is 0.445. The van der Waals surface area contributed by atoms with E-state index in [0.29, 0.717) is 0 Å². The van der Waals surface area contributed by atoms with E-state index in [1.54, 1.807) is 0 Å². The number of halogens is 4. The van der Waals surface area contributed by atoms with Crippen molar-refractivity contribution in [1.82, 2.24) is 9.97 Å². The van der Waals surface area contributed by atoms with Crippen molar-refractivity contribution < 1.29 is 21.6 Å². The molecule has 160 valence electrons. The van der Waals surface area contributed by atoms with Crippen LogP contribution in [0.1, 0.15) is 37.6 Å². The number of sulfone groups is 1. The molecular formula is C19H18ClF3N4O2S. The summed E-state index contributed by atoms with van der Waals surface area (Å²) in [5.74, 6) is -4.26. The van der Waals surface area contributed by atoms with Crippen LogP contribution in [0.25, 0.3) is 11.9 Å². The van der Waals surface area contributed by atoms with Gasteiger partial charge in [0.15, 0.2) is 27.3 Å². The van der Waals surface area contributed by atoms with Crippen molar-refractivity contribution in [2.45, 2.75) is 31.1 Å². The van der Waals surface area contributed by atoms with E-state index in [0.717, 1.165) is 30.6 Å². The van der Waals surface area contributed by atoms with Crippen molar-refractivity contribution in [2.24, 2.45) is 10.7 Å². The summed E-state index contributed by atoms with van der Waals surface area (Å²) in [5.41, 5.74) is 3.58. The number of aliphatic imine (C=N–C) groups is 1. The Morgan fingerprint density at radius 1 is 1.20 bits per heavy atom. The number of nitrogens with two attached hydrogens (primary N) is 1. The minimum Gasteiger partial charge on any atom is -0.386 e. The highest BCUT2D eigenvalue weighted by Gasteiger charge is 2.49. The number of aromatic nitrogens is 2. The number of rotatable bonds is 3. The first-order valence-corrected chi connectivity index (χ1v) is 10.7. The predicted molar refractivity (Wildman–Crippen MR) is 109 cm³/mol. The molecule has 1 aliphatic rings. The molecule has 0 unspecified atom stereocenters. The van der Waals surface area contributed by atoms with Crippen LogP contribution in [-0.2, 0) is 15.4 Å². The van der Waals surface area contributed by atoms with Gasteiger partial charge in [-0.3, -0.25) is 4.99 Å². The summed E-state index contributed by atoms with van der Waals surface area (Å²) < 4.78 is 67.4. The van der Waals surface area contributed by atoms with E-state index in [1.807, 2.05) is 0 Å². The average molecular weight is 459 g/mol. The fourth-order valence-corrected chi connectivity index (χ4v) is 4.80. The van der Waals surface area contributed by atoms with Crippen molar-refractivity contribution >= 4 is 39.2 Å². The lowest BCUT2D eigenvalue weighted by Gasteiger charge is -2.38. The number of benzene rings is 1. The fourth-order valence-electron chi connectivity index (χ4n) is 3.02. The first-order valence-electron chi connectivity index (χ1n) is 8.69. The second-order valence-corrected chi connectivity index (χ2v) is 10.5. The Hall–Kier alpha value is -2.46. The Morgan fingerprint density at radius 2 is 1.87 bits per heavy atom. The molecule has 6 nitrogen and oxygen atoms in total. The number of hydrogen-bond acceptors (Lipinski definition) is 6. The van der Waals surface area contributed by atoms with Gasteiger partial charge in [-0.05, 0) is 44.5 Å². The molecule has 3 rings (SSSR count). The van der Waals surface area contributed by atoms with Crippen LogP contribution >= 0.6 is 11.6 Å². The van der Waals surface area contributed by atoms with Crippen LogP contribution in [-0.4, -0.2) is 34.7 Å². The van der Waals surface area contributed by atoms with Gasteiger partial charge in [-0.2, -0.15) is 0 Å². The number of amidine groups is 1. The molecule has 0 aliphatic carbocycles. The highest BCUT2D eigenvalue weighted by Crippen LogP contribution is 2.39. The molecule has 0 saturated heterocycles. The SMILES string of the molecule is CC1(C)C(N)=N[C@](C)(c2cc(/C=C(\F)c3cnc(Cl)cn3)cc(F)c2F)CS1(=O)=O. The van der Waals surface area contributed by atoms with E-state index >= 15 is 0 Å². The standard InChI is InChI=1S/C19H18ClF3N4O2S/c1-18(2)17(24)27-19(3,9-30(18,28)29)11-4-10(6-13(22)16(11)23)5-12(21)14-7-26-15(20)8-25-14/h4-8H,9H2,1-3H3,(H2,24,27)/b12-5-/t19-/m0/s1. The molecule has 1 atom stereocenters. The third-order valence-electron chi connectivity index (χ3n) is 5.02. The van der Waals surface area contributed by atoms with Gasteiger partial charge in [0.2, 0.25) is 0 Å². The van der Waals surface area contributed by atoms with Gasteiger partial charge in [0, 0.05) is 5.56 Å². The minimum atomic E-state index is -3.84. The number of nitrogens with zero attached hydrogens (tertiary/aromatic N) is 3. The molecule has 2 heterocycles. The van der Waals surface area contributed by atoms with E-state index in [2.05, 4.69) is 15.0 Å². The van der Waals surface area contributed by atoms with Gasteiger partial charge < -0.3 is 5.73 Å². The smallest absolute Gasteiger partial charge is 0.165 e. The van der Waals surface area contributed by atoms with Gasteiger partial charge in [0.1, 0.15) is 27.0 Å². The second-order valence-electron chi connectivity index (χ2n) is 7.62. The van der Waals surface area contributed by atoms with E-state index in [-0.39, 0.29) is 27.8 Å². The van der Waals surface area contributed by atoms with Gasteiger partial charge in [0.05, 0.1) is 18.1 Å². The summed E-state index contributed by atoms with van der Waals surface area (Å²) in [4.78, 5) is 11.6. The third-order valence-corrected chi connectivity index (χ3v) is 7.92. The predicted octanol–water partition coefficient (Wildman–Crippen LogP) is 3.66. The van der Waals surface area contributed by atoms with E-state index in [9.17, 15) is 21.6 Å². The van der Waals surface area contributed by atoms with Crippen molar-refractivity contribution in [2.75, 3.05) is 5.75 Å². The van der Waals surface area contributed by atoms with Gasteiger partial charge in [-0.15, -0.1) is 0 Å². The van der Waals surface area contributed by atoms with E-state index in [1.165, 1.54) is 20.8 Å². The molecule has 0 spiro atoms. The highest BCUT2D eigenvalue weighted by atomic mass is 35.5. The van der Waals surface area contributed by atoms with Crippen LogP contribution in [0.2, 0.25) is 5.15 Å². The molecule has 2 aromatic rings. The van der Waals surface area contributed by atoms with Crippen molar-refractivity contribution in [1.29, 1.82) is 0 Å². The third kappa shape index (κ3) is 3.81. The molecule has 1 aromatic heterocycles. The Balaban J connectivity index is 2.14. The maximum absolute atomic E-state index is 14.7. The largest absolute Gasteiger partial charge is 0.386 e. The Morgan fingerprint density at radius 3 is 2.43 bits per heavy atom. The summed E-state index contributed by atoms with van der Waals surface area (Å²) in [7, 11) is -3.84. The highest BCUT2D eigenvalue weighted by molar-refractivity contribution is 7.93. The summed E-state index contributed by atoms with van der Waals surface area (Å²) in [5, 5.41) is 0.0615. The van der Waals surface area contributed by atoms with Crippen LogP contribution in [0.4, 0.5) is 13.2 Å². The lowest BCUT2D eigenvalue weighted by Crippen LogP contribution is -2.55. The average Bonchev–Trinajstić information content (AvgIpc) is 2.63. The molecule has 0 fully saturated rings. The molecule has 0 radical (unpaired) electrons. The summed E-state index contributed by atoms with van der Waals surface area (Å²) >= 11 is 5.61. The van der Waals surface area contributed by atoms with Crippen LogP contribution < -0.4 is 5.73 Å². The topological polar surface area (TPSA) is 98.3 Å². The van der Waals surface area contributed by atoms with Crippen LogP contribution in [0.3, 0.4) is 0 Å². The van der Waals surface area contributed by atoms with Crippen LogP contribution in [0.5, 0.6) is 0 Å². The van der Waals surface area contributed by atoms with Gasteiger partial charge in [-0.25, -0.2) is 31.6 Å². The zero-order chi connectivity index (χ0) is 22.5. The zero-order valence-electron chi connectivity index (χ0n) is 16.2. The molecule has 30 heavy (non-hydrogen) atoms. The summed E-state index contributed by atoms with van der Waals surface area (Å²) in [6, 6.07) is 1.91. The normalized spacial score (nSPS) is 23.2. The van der Waals surface area contributed by atoms with E-state index in [4.69, 9.17) is 17.3 Å². The van der Waals surface area contributed by atoms with Crippen molar-refractivity contribution in [3.8, 4) is 0 Å². The molecule has 0 bridgehead atoms. The Kier molecular flexibility index (Phi) is 5.44. The van der Waals surface area contributed by atoms with Crippen LogP contribution in [0.15, 0.2) is 29.5 Å². The van der Waals surface area contributed by atoms with Crippen LogP contribution in [0, 0.1) is 11.6 Å². The molecule has 11 heteroatoms. The van der Waals surface area contributed by atoms with Crippen molar-refractivity contribution in [3.63, 3.8) is 0 Å². The maximum atomic E-state index is 14.7. The van der Waals surface area contributed by atoms with Gasteiger partial charge >= 0.3 is 0 Å².